The molecule has 37 heavy (non-hydrogen) atoms. The summed E-state index contributed by atoms with van der Waals surface area (Å²) in [5.41, 5.74) is -0.187. The number of fused-ring (bicyclic) bond motifs is 1. The molecule has 1 saturated heterocycles. The zero-order valence-electron chi connectivity index (χ0n) is 19.7. The molecule has 1 atom stereocenters. The number of nitrogens with one attached hydrogen (secondary N) is 1. The Bertz CT molecular complexity index is 1460. The van der Waals surface area contributed by atoms with Gasteiger partial charge in [-0.2, -0.15) is 13.2 Å². The summed E-state index contributed by atoms with van der Waals surface area (Å²) in [4.78, 5) is 31.6. The smallest absolute Gasteiger partial charge is 0.420 e. The van der Waals surface area contributed by atoms with E-state index in [1.165, 1.54) is 53.3 Å². The molecule has 1 unspecified atom stereocenters. The van der Waals surface area contributed by atoms with Gasteiger partial charge in [0.2, 0.25) is 5.91 Å². The largest absolute Gasteiger partial charge is 0.472 e. The first-order valence-corrected chi connectivity index (χ1v) is 11.6. The third-order valence-electron chi connectivity index (χ3n) is 6.61. The Morgan fingerprint density at radius 3 is 2.57 bits per heavy atom. The third kappa shape index (κ3) is 4.68. The fourth-order valence-corrected chi connectivity index (χ4v) is 4.67. The molecule has 1 N–H and O–H groups in total. The van der Waals surface area contributed by atoms with Crippen molar-refractivity contribution in [2.45, 2.75) is 24.9 Å². The van der Waals surface area contributed by atoms with Crippen molar-refractivity contribution in [1.82, 2.24) is 19.6 Å². The minimum Gasteiger partial charge on any atom is -0.472 e. The van der Waals surface area contributed by atoms with Gasteiger partial charge in [0.1, 0.15) is 11.5 Å². The Balaban J connectivity index is 1.59. The predicted molar refractivity (Wildman–Crippen MR) is 125 cm³/mol. The molecule has 0 bridgehead atoms. The summed E-state index contributed by atoms with van der Waals surface area (Å²) in [6.07, 6.45) is -0.441. The molecule has 0 aliphatic carbocycles. The van der Waals surface area contributed by atoms with Crippen molar-refractivity contribution in [3.05, 3.63) is 83.5 Å². The van der Waals surface area contributed by atoms with Gasteiger partial charge in [-0.15, -0.1) is 0 Å². The quantitative estimate of drug-likeness (QED) is 0.393. The molecule has 3 aromatic heterocycles. The Labute approximate surface area is 208 Å². The summed E-state index contributed by atoms with van der Waals surface area (Å²) in [6, 6.07) is 8.47. The lowest BCUT2D eigenvalue weighted by Gasteiger charge is -2.16. The molecule has 4 heterocycles. The summed E-state index contributed by atoms with van der Waals surface area (Å²) < 4.78 is 61.8. The third-order valence-corrected chi connectivity index (χ3v) is 6.61. The Kier molecular flexibility index (Phi) is 6.22. The van der Waals surface area contributed by atoms with E-state index < -0.39 is 29.2 Å². The Morgan fingerprint density at radius 1 is 1.16 bits per heavy atom. The second-order valence-corrected chi connectivity index (χ2v) is 8.89. The molecule has 11 heteroatoms. The average Bonchev–Trinajstić information content (AvgIpc) is 3.63. The number of hydrogen-bond donors (Lipinski definition) is 1. The highest BCUT2D eigenvalue weighted by Crippen LogP contribution is 2.37. The maximum absolute atomic E-state index is 14.1. The van der Waals surface area contributed by atoms with Gasteiger partial charge in [-0.25, -0.2) is 9.37 Å². The summed E-state index contributed by atoms with van der Waals surface area (Å²) in [6.45, 7) is 0.644. The SMILES string of the molecule is CNC(=O)Cc1c(C(=O)N2CCC(c3ccc(F)cc3)C2)nc2c(C(F)(F)F)cc(-c3ccoc3)cn12. The van der Waals surface area contributed by atoms with E-state index in [-0.39, 0.29) is 35.1 Å². The van der Waals surface area contributed by atoms with Crippen molar-refractivity contribution in [2.75, 3.05) is 20.1 Å². The number of nitrogens with zero attached hydrogens (tertiary/aromatic N) is 3. The lowest BCUT2D eigenvalue weighted by atomic mass is 9.99. The molecule has 4 aromatic rings. The van der Waals surface area contributed by atoms with Crippen LogP contribution in [-0.4, -0.2) is 46.2 Å². The van der Waals surface area contributed by atoms with E-state index >= 15 is 0 Å². The van der Waals surface area contributed by atoms with Gasteiger partial charge in [0, 0.05) is 43.4 Å². The fraction of sp³-hybridized carbons (Fsp3) is 0.269. The highest BCUT2D eigenvalue weighted by Gasteiger charge is 2.38. The molecular formula is C26H22F4N4O3. The van der Waals surface area contributed by atoms with Crippen LogP contribution in [0.5, 0.6) is 0 Å². The number of carbonyl (C=O) groups is 2. The van der Waals surface area contributed by atoms with E-state index in [9.17, 15) is 27.2 Å². The van der Waals surface area contributed by atoms with Crippen molar-refractivity contribution in [2.24, 2.45) is 0 Å². The Hall–Kier alpha value is -4.15. The van der Waals surface area contributed by atoms with Crippen LogP contribution in [-0.2, 0) is 17.4 Å². The standard InChI is InChI=1S/C26H22F4N4O3/c1-31-22(35)11-21-23(25(36)33-8-6-16(12-33)15-2-4-19(27)5-3-15)32-24-20(26(28,29)30)10-18(13-34(21)24)17-7-9-37-14-17/h2-5,7,9-10,13-14,16H,6,8,11-12H2,1H3,(H,31,35). The van der Waals surface area contributed by atoms with Crippen LogP contribution in [0.4, 0.5) is 17.6 Å². The van der Waals surface area contributed by atoms with E-state index in [2.05, 4.69) is 10.3 Å². The maximum Gasteiger partial charge on any atom is 0.420 e. The first-order valence-electron chi connectivity index (χ1n) is 11.6. The second kappa shape index (κ2) is 9.38. The molecule has 192 valence electrons. The number of furan rings is 1. The minimum absolute atomic E-state index is 0.0533. The number of alkyl halides is 3. The zero-order chi connectivity index (χ0) is 26.3. The number of rotatable bonds is 5. The number of halogens is 4. The normalized spacial score (nSPS) is 15.9. The van der Waals surface area contributed by atoms with Gasteiger partial charge in [0.05, 0.1) is 30.2 Å². The summed E-state index contributed by atoms with van der Waals surface area (Å²) in [5, 5.41) is 2.45. The molecular weight excluding hydrogens is 492 g/mol. The maximum atomic E-state index is 14.1. The zero-order valence-corrected chi connectivity index (χ0v) is 19.7. The van der Waals surface area contributed by atoms with Crippen molar-refractivity contribution in [1.29, 1.82) is 0 Å². The van der Waals surface area contributed by atoms with E-state index in [0.29, 0.717) is 25.1 Å². The molecule has 1 aromatic carbocycles. The van der Waals surface area contributed by atoms with Gasteiger partial charge in [-0.3, -0.25) is 9.59 Å². The van der Waals surface area contributed by atoms with E-state index in [0.717, 1.165) is 11.6 Å². The topological polar surface area (TPSA) is 79.8 Å². The molecule has 0 saturated carbocycles. The molecule has 1 fully saturated rings. The molecule has 0 spiro atoms. The number of likely N-dealkylation sites (tertiary alicyclic amines) is 1. The summed E-state index contributed by atoms with van der Waals surface area (Å²) in [5.74, 6) is -1.47. The number of carbonyl (C=O) groups excluding carboxylic acids is 2. The van der Waals surface area contributed by atoms with Gasteiger partial charge < -0.3 is 19.0 Å². The summed E-state index contributed by atoms with van der Waals surface area (Å²) >= 11 is 0. The number of aromatic nitrogens is 2. The minimum atomic E-state index is -4.77. The van der Waals surface area contributed by atoms with Crippen LogP contribution in [0.1, 0.15) is 39.6 Å². The van der Waals surface area contributed by atoms with Crippen molar-refractivity contribution in [3.63, 3.8) is 0 Å². The fourth-order valence-electron chi connectivity index (χ4n) is 4.67. The van der Waals surface area contributed by atoms with Crippen molar-refractivity contribution < 1.29 is 31.6 Å². The van der Waals surface area contributed by atoms with Crippen LogP contribution in [0.2, 0.25) is 0 Å². The van der Waals surface area contributed by atoms with Crippen LogP contribution in [0, 0.1) is 5.82 Å². The predicted octanol–water partition coefficient (Wildman–Crippen LogP) is 4.67. The second-order valence-electron chi connectivity index (χ2n) is 8.89. The molecule has 1 aliphatic heterocycles. The number of imidazole rings is 1. The summed E-state index contributed by atoms with van der Waals surface area (Å²) in [7, 11) is 1.40. The molecule has 5 rings (SSSR count). The van der Waals surface area contributed by atoms with E-state index in [1.807, 2.05) is 0 Å². The molecule has 1 aliphatic rings. The van der Waals surface area contributed by atoms with Crippen molar-refractivity contribution >= 4 is 17.5 Å². The van der Waals surface area contributed by atoms with Gasteiger partial charge in [-0.05, 0) is 36.2 Å². The Morgan fingerprint density at radius 2 is 1.92 bits per heavy atom. The number of benzene rings is 1. The molecule has 7 nitrogen and oxygen atoms in total. The monoisotopic (exact) mass is 514 g/mol. The van der Waals surface area contributed by atoms with Crippen molar-refractivity contribution in [3.8, 4) is 11.1 Å². The van der Waals surface area contributed by atoms with Gasteiger partial charge in [-0.1, -0.05) is 12.1 Å². The lowest BCUT2D eigenvalue weighted by molar-refractivity contribution is -0.136. The lowest BCUT2D eigenvalue weighted by Crippen LogP contribution is -2.30. The van der Waals surface area contributed by atoms with Gasteiger partial charge >= 0.3 is 6.18 Å². The number of likely N-dealkylation sites (N-methyl/N-ethyl adjacent to an activating group) is 1. The van der Waals surface area contributed by atoms with Crippen LogP contribution < -0.4 is 5.32 Å². The van der Waals surface area contributed by atoms with Gasteiger partial charge in [0.15, 0.2) is 5.69 Å². The molecule has 2 amide bonds. The average molecular weight is 514 g/mol. The van der Waals surface area contributed by atoms with E-state index in [4.69, 9.17) is 4.42 Å². The van der Waals surface area contributed by atoms with Crippen LogP contribution >= 0.6 is 0 Å². The van der Waals surface area contributed by atoms with Crippen LogP contribution in [0.15, 0.2) is 59.5 Å². The number of pyridine rings is 1. The number of amides is 2. The van der Waals surface area contributed by atoms with Crippen LogP contribution in [0.25, 0.3) is 16.8 Å². The number of hydrogen-bond acceptors (Lipinski definition) is 4. The first kappa shape index (κ1) is 24.5. The molecule has 0 radical (unpaired) electrons. The van der Waals surface area contributed by atoms with Crippen LogP contribution in [0.3, 0.4) is 0 Å². The highest BCUT2D eigenvalue weighted by atomic mass is 19.4. The highest BCUT2D eigenvalue weighted by molar-refractivity contribution is 5.96. The van der Waals surface area contributed by atoms with Gasteiger partial charge in [0.25, 0.3) is 5.91 Å². The van der Waals surface area contributed by atoms with E-state index in [1.54, 1.807) is 12.1 Å². The first-order chi connectivity index (χ1) is 17.7.